The van der Waals surface area contributed by atoms with E-state index in [1.54, 1.807) is 0 Å². The molecular weight excluding hydrogens is 659 g/mol. The van der Waals surface area contributed by atoms with E-state index in [4.69, 9.17) is 15.0 Å². The van der Waals surface area contributed by atoms with Gasteiger partial charge in [0, 0.05) is 49.6 Å². The van der Waals surface area contributed by atoms with Crippen molar-refractivity contribution >= 4 is 54.4 Å². The Morgan fingerprint density at radius 1 is 0.315 bits per heavy atom. The van der Waals surface area contributed by atoms with Gasteiger partial charge in [-0.05, 0) is 59.3 Å². The number of fused-ring (bicyclic) bond motifs is 8. The van der Waals surface area contributed by atoms with Crippen LogP contribution in [-0.4, -0.2) is 24.1 Å². The maximum Gasteiger partial charge on any atom is 0.164 e. The third-order valence-electron chi connectivity index (χ3n) is 10.5. The Balaban J connectivity index is 1.22. The van der Waals surface area contributed by atoms with E-state index < -0.39 is 0 Å². The van der Waals surface area contributed by atoms with Crippen LogP contribution in [0.3, 0.4) is 0 Å². The molecule has 0 saturated carbocycles. The zero-order chi connectivity index (χ0) is 35.6. The smallest absolute Gasteiger partial charge is 0.164 e. The van der Waals surface area contributed by atoms with Gasteiger partial charge in [-0.15, -0.1) is 0 Å². The summed E-state index contributed by atoms with van der Waals surface area (Å²) < 4.78 is 4.80. The van der Waals surface area contributed by atoms with Gasteiger partial charge in [-0.1, -0.05) is 140 Å². The second-order valence-electron chi connectivity index (χ2n) is 13.6. The van der Waals surface area contributed by atoms with Crippen LogP contribution in [0.15, 0.2) is 188 Å². The van der Waals surface area contributed by atoms with Gasteiger partial charge in [0.05, 0.1) is 22.1 Å². The molecule has 0 aliphatic heterocycles. The summed E-state index contributed by atoms with van der Waals surface area (Å²) in [6, 6.07) is 66.1. The van der Waals surface area contributed by atoms with Crippen LogP contribution in [-0.2, 0) is 0 Å². The van der Waals surface area contributed by atoms with Crippen LogP contribution in [0.4, 0.5) is 0 Å². The van der Waals surface area contributed by atoms with E-state index in [1.165, 1.54) is 32.6 Å². The zero-order valence-corrected chi connectivity index (χ0v) is 29.1. The van der Waals surface area contributed by atoms with Crippen LogP contribution in [0.5, 0.6) is 0 Å². The fraction of sp³-hybridized carbons (Fsp3) is 0. The fourth-order valence-electron chi connectivity index (χ4n) is 8.19. The van der Waals surface area contributed by atoms with Crippen LogP contribution < -0.4 is 0 Å². The number of hydrogen-bond acceptors (Lipinski definition) is 3. The number of hydrogen-bond donors (Lipinski definition) is 0. The molecule has 0 aliphatic carbocycles. The molecule has 0 atom stereocenters. The molecule has 0 saturated heterocycles. The maximum absolute atomic E-state index is 5.17. The summed E-state index contributed by atoms with van der Waals surface area (Å²) >= 11 is 0. The quantitative estimate of drug-likeness (QED) is 0.181. The highest BCUT2D eigenvalue weighted by molar-refractivity contribution is 6.29. The minimum atomic E-state index is 0.634. The Morgan fingerprint density at radius 2 is 0.759 bits per heavy atom. The van der Waals surface area contributed by atoms with Crippen LogP contribution in [0, 0.1) is 0 Å². The maximum atomic E-state index is 5.17. The summed E-state index contributed by atoms with van der Waals surface area (Å²) in [6.45, 7) is 0. The van der Waals surface area contributed by atoms with Crippen molar-refractivity contribution in [1.29, 1.82) is 0 Å². The summed E-state index contributed by atoms with van der Waals surface area (Å²) in [4.78, 5) is 15.3. The molecule has 5 nitrogen and oxygen atoms in total. The Hall–Kier alpha value is -7.37. The van der Waals surface area contributed by atoms with Crippen molar-refractivity contribution in [1.82, 2.24) is 24.1 Å². The molecule has 0 fully saturated rings. The van der Waals surface area contributed by atoms with E-state index in [9.17, 15) is 0 Å². The van der Waals surface area contributed by atoms with Gasteiger partial charge in [0.2, 0.25) is 0 Å². The largest absolute Gasteiger partial charge is 0.309 e. The van der Waals surface area contributed by atoms with E-state index in [-0.39, 0.29) is 0 Å². The molecule has 3 heterocycles. The lowest BCUT2D eigenvalue weighted by molar-refractivity contribution is 1.07. The number of nitrogens with zero attached hydrogens (tertiary/aromatic N) is 5. The second kappa shape index (κ2) is 12.1. The van der Waals surface area contributed by atoms with Gasteiger partial charge in [-0.25, -0.2) is 15.0 Å². The lowest BCUT2D eigenvalue weighted by atomic mass is 10.0. The number of aromatic nitrogens is 5. The van der Waals surface area contributed by atoms with Crippen molar-refractivity contribution < 1.29 is 0 Å². The highest BCUT2D eigenvalue weighted by atomic mass is 15.0. The lowest BCUT2D eigenvalue weighted by Crippen LogP contribution is -2.02. The molecule has 5 heteroatoms. The molecule has 3 aromatic heterocycles. The van der Waals surface area contributed by atoms with Gasteiger partial charge in [0.25, 0.3) is 0 Å². The molecule has 11 rings (SSSR count). The van der Waals surface area contributed by atoms with Crippen LogP contribution >= 0.6 is 0 Å². The van der Waals surface area contributed by atoms with Gasteiger partial charge in [-0.3, -0.25) is 0 Å². The summed E-state index contributed by atoms with van der Waals surface area (Å²) in [6.07, 6.45) is 0. The van der Waals surface area contributed by atoms with E-state index >= 15 is 0 Å². The number of rotatable bonds is 5. The molecule has 0 bridgehead atoms. The van der Waals surface area contributed by atoms with Crippen molar-refractivity contribution in [3.63, 3.8) is 0 Å². The summed E-state index contributed by atoms with van der Waals surface area (Å²) in [5.41, 5.74) is 9.69. The van der Waals surface area contributed by atoms with Gasteiger partial charge < -0.3 is 9.13 Å². The molecule has 0 amide bonds. The van der Waals surface area contributed by atoms with Crippen molar-refractivity contribution in [2.45, 2.75) is 0 Å². The predicted octanol–water partition coefficient (Wildman–Crippen LogP) is 12.2. The van der Waals surface area contributed by atoms with Gasteiger partial charge in [0.15, 0.2) is 17.5 Å². The van der Waals surface area contributed by atoms with Gasteiger partial charge >= 0.3 is 0 Å². The summed E-state index contributed by atoms with van der Waals surface area (Å²) in [7, 11) is 0. The van der Waals surface area contributed by atoms with E-state index in [1.807, 2.05) is 36.4 Å². The minimum absolute atomic E-state index is 0.634. The molecule has 8 aromatic carbocycles. The van der Waals surface area contributed by atoms with Crippen LogP contribution in [0.2, 0.25) is 0 Å². The van der Waals surface area contributed by atoms with Crippen molar-refractivity contribution in [2.24, 2.45) is 0 Å². The average Bonchev–Trinajstić information content (AvgIpc) is 3.77. The molecule has 0 N–H and O–H groups in total. The van der Waals surface area contributed by atoms with Crippen molar-refractivity contribution in [2.75, 3.05) is 0 Å². The second-order valence-corrected chi connectivity index (χ2v) is 13.6. The van der Waals surface area contributed by atoms with Crippen LogP contribution in [0.1, 0.15) is 0 Å². The molecule has 0 unspecified atom stereocenters. The first-order chi connectivity index (χ1) is 26.8. The van der Waals surface area contributed by atoms with E-state index in [0.29, 0.717) is 17.5 Å². The van der Waals surface area contributed by atoms with Crippen molar-refractivity contribution in [3.8, 4) is 45.5 Å². The Kier molecular flexibility index (Phi) is 6.79. The third-order valence-corrected chi connectivity index (χ3v) is 10.5. The minimum Gasteiger partial charge on any atom is -0.309 e. The molecule has 54 heavy (non-hydrogen) atoms. The SMILES string of the molecule is c1ccc(-c2nc(-c3ccccc3)nc(-c3cc(-n4c5ccccc5c5c6c7ccccc7n(-c7ccccc7)c6ccc54)cc4ccccc34)n2)cc1. The molecule has 0 aliphatic rings. The summed E-state index contributed by atoms with van der Waals surface area (Å²) in [5.74, 6) is 1.92. The first-order valence-electron chi connectivity index (χ1n) is 18.2. The highest BCUT2D eigenvalue weighted by Gasteiger charge is 2.22. The first-order valence-corrected chi connectivity index (χ1v) is 18.2. The average molecular weight is 690 g/mol. The standard InChI is InChI=1S/C49H31N5/c1-4-16-32(17-5-1)47-50-48(33-18-6-2-7-19-33)52-49(51-47)40-31-36(30-34-20-10-11-23-37(34)40)54-42-27-15-13-25-39(42)46-44(54)29-28-43-45(46)38-24-12-14-26-41(38)53(43)35-21-8-3-9-22-35/h1-31H. The van der Waals surface area contributed by atoms with E-state index in [2.05, 4.69) is 161 Å². The molecule has 11 aromatic rings. The Labute approximate surface area is 311 Å². The number of benzene rings is 8. The van der Waals surface area contributed by atoms with Gasteiger partial charge in [-0.2, -0.15) is 0 Å². The van der Waals surface area contributed by atoms with Crippen LogP contribution in [0.25, 0.3) is 99.9 Å². The summed E-state index contributed by atoms with van der Waals surface area (Å²) in [5, 5.41) is 7.12. The third kappa shape index (κ3) is 4.69. The first kappa shape index (κ1) is 30.3. The molecule has 0 spiro atoms. The van der Waals surface area contributed by atoms with E-state index in [0.717, 1.165) is 49.9 Å². The zero-order valence-electron chi connectivity index (χ0n) is 29.1. The number of para-hydroxylation sites is 3. The predicted molar refractivity (Wildman–Crippen MR) is 222 cm³/mol. The molecule has 252 valence electrons. The highest BCUT2D eigenvalue weighted by Crippen LogP contribution is 2.43. The normalized spacial score (nSPS) is 11.7. The fourth-order valence-corrected chi connectivity index (χ4v) is 8.19. The monoisotopic (exact) mass is 689 g/mol. The molecular formula is C49H31N5. The Bertz CT molecular complexity index is 3140. The Morgan fingerprint density at radius 3 is 1.33 bits per heavy atom. The molecule has 0 radical (unpaired) electrons. The topological polar surface area (TPSA) is 48.5 Å². The van der Waals surface area contributed by atoms with Crippen molar-refractivity contribution in [3.05, 3.63) is 188 Å². The van der Waals surface area contributed by atoms with Gasteiger partial charge in [0.1, 0.15) is 0 Å². The lowest BCUT2D eigenvalue weighted by Gasteiger charge is -2.14.